The van der Waals surface area contributed by atoms with Gasteiger partial charge in [-0.15, -0.1) is 0 Å². The van der Waals surface area contributed by atoms with Crippen LogP contribution >= 0.6 is 0 Å². The molecule has 1 atom stereocenters. The van der Waals surface area contributed by atoms with E-state index in [0.29, 0.717) is 24.5 Å². The molecule has 0 saturated carbocycles. The summed E-state index contributed by atoms with van der Waals surface area (Å²) in [6.07, 6.45) is 4.06. The Morgan fingerprint density at radius 3 is 2.77 bits per heavy atom. The summed E-state index contributed by atoms with van der Waals surface area (Å²) in [7, 11) is 3.60. The first-order chi connectivity index (χ1) is 10.7. The van der Waals surface area contributed by atoms with Gasteiger partial charge >= 0.3 is 0 Å². The number of benzene rings is 1. The molecule has 1 saturated heterocycles. The standard InChI is InChI=1S/C17H21NO4/c1-18(12-3-5-14(19)9-12)13-4-6-16(20-2)17(10-13)22-15-7-8-21-11-15/h4,6,9-10,15H,3,5,7-8,11H2,1-2H3/t15-/m1/s1. The van der Waals surface area contributed by atoms with Gasteiger partial charge in [0, 0.05) is 43.4 Å². The number of carbonyl (C=O) groups is 1. The minimum atomic E-state index is 0.0710. The minimum Gasteiger partial charge on any atom is -0.493 e. The van der Waals surface area contributed by atoms with Crippen LogP contribution < -0.4 is 14.4 Å². The largest absolute Gasteiger partial charge is 0.493 e. The molecule has 118 valence electrons. The van der Waals surface area contributed by atoms with Crippen molar-refractivity contribution in [1.29, 1.82) is 0 Å². The molecule has 0 aromatic heterocycles. The summed E-state index contributed by atoms with van der Waals surface area (Å²) in [5.41, 5.74) is 2.01. The van der Waals surface area contributed by atoms with Gasteiger partial charge in [-0.2, -0.15) is 0 Å². The van der Waals surface area contributed by atoms with Crippen LogP contribution in [0.25, 0.3) is 0 Å². The lowest BCUT2D eigenvalue weighted by molar-refractivity contribution is -0.114. The first-order valence-electron chi connectivity index (χ1n) is 7.57. The second-order valence-electron chi connectivity index (χ2n) is 5.60. The van der Waals surface area contributed by atoms with Gasteiger partial charge in [-0.25, -0.2) is 0 Å². The number of rotatable bonds is 5. The molecule has 1 heterocycles. The van der Waals surface area contributed by atoms with Crippen LogP contribution in [0.5, 0.6) is 11.5 Å². The highest BCUT2D eigenvalue weighted by Crippen LogP contribution is 2.35. The van der Waals surface area contributed by atoms with Gasteiger partial charge in [-0.05, 0) is 18.6 Å². The highest BCUT2D eigenvalue weighted by Gasteiger charge is 2.21. The second kappa shape index (κ2) is 6.40. The summed E-state index contributed by atoms with van der Waals surface area (Å²) in [5, 5.41) is 0. The molecule has 1 aromatic carbocycles. The highest BCUT2D eigenvalue weighted by atomic mass is 16.6. The third kappa shape index (κ3) is 3.09. The van der Waals surface area contributed by atoms with E-state index >= 15 is 0 Å². The van der Waals surface area contributed by atoms with Crippen molar-refractivity contribution in [2.24, 2.45) is 0 Å². The first kappa shape index (κ1) is 14.9. The second-order valence-corrected chi connectivity index (χ2v) is 5.60. The van der Waals surface area contributed by atoms with Gasteiger partial charge in [0.1, 0.15) is 6.10 Å². The molecule has 5 heteroatoms. The van der Waals surface area contributed by atoms with Crippen LogP contribution in [0.1, 0.15) is 19.3 Å². The van der Waals surface area contributed by atoms with E-state index in [4.69, 9.17) is 14.2 Å². The van der Waals surface area contributed by atoms with Crippen LogP contribution in [0.3, 0.4) is 0 Å². The number of ketones is 1. The van der Waals surface area contributed by atoms with E-state index in [-0.39, 0.29) is 11.9 Å². The van der Waals surface area contributed by atoms with Gasteiger partial charge in [-0.3, -0.25) is 4.79 Å². The summed E-state index contributed by atoms with van der Waals surface area (Å²) in [6, 6.07) is 5.83. The highest BCUT2D eigenvalue weighted by molar-refractivity contribution is 5.93. The van der Waals surface area contributed by atoms with Gasteiger partial charge in [0.2, 0.25) is 0 Å². The van der Waals surface area contributed by atoms with E-state index < -0.39 is 0 Å². The summed E-state index contributed by atoms with van der Waals surface area (Å²) in [6.45, 7) is 1.35. The Hall–Kier alpha value is -2.01. The molecular formula is C17H21NO4. The molecule has 22 heavy (non-hydrogen) atoms. The lowest BCUT2D eigenvalue weighted by Crippen LogP contribution is -2.18. The molecule has 0 amide bonds. The average molecular weight is 303 g/mol. The number of carbonyl (C=O) groups excluding carboxylic acids is 1. The number of nitrogens with zero attached hydrogens (tertiary/aromatic N) is 1. The zero-order valence-corrected chi connectivity index (χ0v) is 13.0. The molecule has 1 aliphatic heterocycles. The number of hydrogen-bond acceptors (Lipinski definition) is 5. The smallest absolute Gasteiger partial charge is 0.163 e. The zero-order valence-electron chi connectivity index (χ0n) is 13.0. The summed E-state index contributed by atoms with van der Waals surface area (Å²) < 4.78 is 16.7. The van der Waals surface area contributed by atoms with Crippen molar-refractivity contribution in [3.05, 3.63) is 30.0 Å². The third-order valence-electron chi connectivity index (χ3n) is 4.10. The lowest BCUT2D eigenvalue weighted by atomic mass is 10.2. The summed E-state index contributed by atoms with van der Waals surface area (Å²) in [5.74, 6) is 1.61. The van der Waals surface area contributed by atoms with Crippen molar-refractivity contribution in [3.63, 3.8) is 0 Å². The van der Waals surface area contributed by atoms with E-state index in [1.807, 2.05) is 30.1 Å². The van der Waals surface area contributed by atoms with E-state index in [1.54, 1.807) is 13.2 Å². The van der Waals surface area contributed by atoms with Crippen molar-refractivity contribution < 1.29 is 19.0 Å². The van der Waals surface area contributed by atoms with Crippen molar-refractivity contribution in [3.8, 4) is 11.5 Å². The third-order valence-corrected chi connectivity index (χ3v) is 4.10. The molecule has 0 radical (unpaired) electrons. The Morgan fingerprint density at radius 2 is 2.14 bits per heavy atom. The molecule has 5 nitrogen and oxygen atoms in total. The van der Waals surface area contributed by atoms with Crippen LogP contribution in [-0.4, -0.2) is 39.3 Å². The van der Waals surface area contributed by atoms with E-state index in [1.165, 1.54) is 0 Å². The van der Waals surface area contributed by atoms with E-state index in [0.717, 1.165) is 30.8 Å². The molecule has 1 aliphatic carbocycles. The van der Waals surface area contributed by atoms with Crippen molar-refractivity contribution in [2.75, 3.05) is 32.3 Å². The predicted molar refractivity (Wildman–Crippen MR) is 83.6 cm³/mol. The fourth-order valence-electron chi connectivity index (χ4n) is 2.76. The van der Waals surface area contributed by atoms with Gasteiger partial charge in [0.15, 0.2) is 17.3 Å². The number of anilines is 1. The number of ether oxygens (including phenoxy) is 3. The minimum absolute atomic E-state index is 0.0710. The normalized spacial score (nSPS) is 20.9. The molecule has 3 rings (SSSR count). The topological polar surface area (TPSA) is 48.0 Å². The molecular weight excluding hydrogens is 282 g/mol. The maximum absolute atomic E-state index is 11.4. The van der Waals surface area contributed by atoms with Crippen LogP contribution in [0.4, 0.5) is 5.69 Å². The maximum atomic E-state index is 11.4. The Kier molecular flexibility index (Phi) is 4.34. The number of methoxy groups -OCH3 is 1. The average Bonchev–Trinajstić information content (AvgIpc) is 3.18. The number of hydrogen-bond donors (Lipinski definition) is 0. The van der Waals surface area contributed by atoms with Crippen molar-refractivity contribution in [2.45, 2.75) is 25.4 Å². The molecule has 1 aromatic rings. The molecule has 0 unspecified atom stereocenters. The molecule has 0 bridgehead atoms. The Morgan fingerprint density at radius 1 is 1.27 bits per heavy atom. The van der Waals surface area contributed by atoms with Gasteiger partial charge in [0.25, 0.3) is 0 Å². The molecule has 2 aliphatic rings. The fourth-order valence-corrected chi connectivity index (χ4v) is 2.76. The Bertz CT molecular complexity index is 590. The fraction of sp³-hybridized carbons (Fsp3) is 0.471. The van der Waals surface area contributed by atoms with E-state index in [9.17, 15) is 4.79 Å². The monoisotopic (exact) mass is 303 g/mol. The Labute approximate surface area is 130 Å². The van der Waals surface area contributed by atoms with E-state index in [2.05, 4.69) is 0 Å². The lowest BCUT2D eigenvalue weighted by Gasteiger charge is -2.23. The molecule has 0 N–H and O–H groups in total. The van der Waals surface area contributed by atoms with Crippen molar-refractivity contribution in [1.82, 2.24) is 0 Å². The zero-order chi connectivity index (χ0) is 15.5. The summed E-state index contributed by atoms with van der Waals surface area (Å²) >= 11 is 0. The van der Waals surface area contributed by atoms with Crippen LogP contribution in [0.15, 0.2) is 30.0 Å². The Balaban J connectivity index is 1.82. The number of allylic oxidation sites excluding steroid dienone is 2. The first-order valence-corrected chi connectivity index (χ1v) is 7.57. The molecule has 0 spiro atoms. The van der Waals surface area contributed by atoms with Crippen molar-refractivity contribution >= 4 is 11.5 Å². The molecule has 1 fully saturated rings. The maximum Gasteiger partial charge on any atom is 0.163 e. The van der Waals surface area contributed by atoms with Gasteiger partial charge < -0.3 is 19.1 Å². The SMILES string of the molecule is COc1ccc(N(C)C2=CC(=O)CC2)cc1O[C@@H]1CCOC1. The van der Waals surface area contributed by atoms with Gasteiger partial charge in [0.05, 0.1) is 20.3 Å². The van der Waals surface area contributed by atoms with Crippen LogP contribution in [0.2, 0.25) is 0 Å². The van der Waals surface area contributed by atoms with Crippen LogP contribution in [0, 0.1) is 0 Å². The van der Waals surface area contributed by atoms with Crippen LogP contribution in [-0.2, 0) is 9.53 Å². The summed E-state index contributed by atoms with van der Waals surface area (Å²) in [4.78, 5) is 13.5. The van der Waals surface area contributed by atoms with Gasteiger partial charge in [-0.1, -0.05) is 0 Å². The predicted octanol–water partition coefficient (Wildman–Crippen LogP) is 2.55. The quantitative estimate of drug-likeness (QED) is 0.836.